The van der Waals surface area contributed by atoms with Crippen LogP contribution < -0.4 is 20.5 Å². The normalized spacial score (nSPS) is 13.2. The highest BCUT2D eigenvalue weighted by molar-refractivity contribution is 5.94. The monoisotopic (exact) mass is 574 g/mol. The number of pyridine rings is 1. The first-order valence-corrected chi connectivity index (χ1v) is 11.2. The number of benzene rings is 1. The quantitative estimate of drug-likeness (QED) is 0.298. The summed E-state index contributed by atoms with van der Waals surface area (Å²) in [4.78, 5) is 32.2. The highest BCUT2D eigenvalue weighted by Gasteiger charge is 2.26. The molecule has 0 unspecified atom stereocenters. The van der Waals surface area contributed by atoms with Crippen LogP contribution in [0.15, 0.2) is 40.8 Å². The van der Waals surface area contributed by atoms with Gasteiger partial charge in [0, 0.05) is 5.56 Å². The Morgan fingerprint density at radius 1 is 1.18 bits per heavy atom. The Labute approximate surface area is 228 Å². The molecule has 1 atom stereocenters. The van der Waals surface area contributed by atoms with Gasteiger partial charge >= 0.3 is 12.6 Å². The molecule has 38 heavy (non-hydrogen) atoms. The molecule has 1 amide bonds. The Morgan fingerprint density at radius 3 is 2.55 bits per heavy atom. The number of nitrogens with zero attached hydrogens (tertiary/aromatic N) is 2. The second kappa shape index (κ2) is 13.4. The van der Waals surface area contributed by atoms with Gasteiger partial charge in [-0.2, -0.15) is 8.78 Å². The third kappa shape index (κ3) is 7.76. The van der Waals surface area contributed by atoms with E-state index in [-0.39, 0.29) is 65.9 Å². The largest absolute Gasteiger partial charge is 0.489 e. The lowest BCUT2D eigenvalue weighted by Crippen LogP contribution is -2.26. The van der Waals surface area contributed by atoms with Crippen molar-refractivity contribution in [1.29, 1.82) is 0 Å². The number of carbonyl (C=O) groups excluding carboxylic acids is 1. The molecule has 3 aromatic rings. The zero-order valence-corrected chi connectivity index (χ0v) is 21.7. The second-order valence-corrected chi connectivity index (χ2v) is 8.32. The van der Waals surface area contributed by atoms with Crippen LogP contribution in [0.3, 0.4) is 0 Å². The molecule has 0 aliphatic heterocycles. The molecule has 4 N–H and O–H groups in total. The lowest BCUT2D eigenvalue weighted by atomic mass is 10.2. The molecule has 10 nitrogen and oxygen atoms in total. The third-order valence-corrected chi connectivity index (χ3v) is 5.32. The lowest BCUT2D eigenvalue weighted by molar-refractivity contribution is -0.0515. The van der Waals surface area contributed by atoms with Crippen LogP contribution in [-0.2, 0) is 6.54 Å². The predicted octanol–water partition coefficient (Wildman–Crippen LogP) is 4.62. The average molecular weight is 575 g/mol. The summed E-state index contributed by atoms with van der Waals surface area (Å²) >= 11 is 0. The van der Waals surface area contributed by atoms with E-state index >= 15 is 0 Å². The smallest absolute Gasteiger partial charge is 0.387 e. The Bertz CT molecular complexity index is 1270. The minimum atomic E-state index is -3.02. The number of halogens is 4. The standard InChI is InChI=1S/C24H24F2N4O6.2ClH/c1-12(27)20-19(21(31)28-10-15-3-2-4-16(29-15)23(32)33)30-22(36-20)14-7-8-17(35-24(25)26)18(9-14)34-11-13-5-6-13;;/h2-4,7-9,12-13,24H,5-6,10-11,27H2,1H3,(H,28,31)(H,32,33);2*1H/t12-;;/m0../s1. The summed E-state index contributed by atoms with van der Waals surface area (Å²) in [7, 11) is 0. The van der Waals surface area contributed by atoms with Gasteiger partial charge in [-0.25, -0.2) is 14.8 Å². The van der Waals surface area contributed by atoms with E-state index in [2.05, 4.69) is 20.0 Å². The number of ether oxygens (including phenoxy) is 2. The van der Waals surface area contributed by atoms with Crippen molar-refractivity contribution in [2.24, 2.45) is 11.7 Å². The van der Waals surface area contributed by atoms with E-state index in [4.69, 9.17) is 20.0 Å². The second-order valence-electron chi connectivity index (χ2n) is 8.32. The van der Waals surface area contributed by atoms with Crippen LogP contribution in [0.2, 0.25) is 0 Å². The zero-order valence-electron chi connectivity index (χ0n) is 20.1. The van der Waals surface area contributed by atoms with Gasteiger partial charge in [-0.3, -0.25) is 4.79 Å². The van der Waals surface area contributed by atoms with E-state index < -0.39 is 24.5 Å². The van der Waals surface area contributed by atoms with Crippen molar-refractivity contribution in [2.75, 3.05) is 6.61 Å². The minimum Gasteiger partial charge on any atom is -0.489 e. The molecule has 1 aromatic carbocycles. The molecule has 0 saturated heterocycles. The number of amides is 1. The number of nitrogens with two attached hydrogens (primary N) is 1. The highest BCUT2D eigenvalue weighted by atomic mass is 35.5. The number of alkyl halides is 2. The van der Waals surface area contributed by atoms with Crippen LogP contribution in [0, 0.1) is 5.92 Å². The Hall–Kier alpha value is -3.48. The molecule has 0 radical (unpaired) electrons. The minimum absolute atomic E-state index is 0. The van der Waals surface area contributed by atoms with Gasteiger partial charge in [0.15, 0.2) is 23.0 Å². The van der Waals surface area contributed by atoms with Gasteiger partial charge in [-0.05, 0) is 56.0 Å². The van der Waals surface area contributed by atoms with Gasteiger partial charge in [0.1, 0.15) is 5.69 Å². The molecular formula is C24H26Cl2F2N4O6. The number of carboxylic acid groups (broad SMARTS) is 1. The third-order valence-electron chi connectivity index (χ3n) is 5.32. The van der Waals surface area contributed by atoms with Crippen molar-refractivity contribution in [1.82, 2.24) is 15.3 Å². The molecule has 1 fully saturated rings. The Balaban J connectivity index is 0.00000253. The molecule has 0 bridgehead atoms. The van der Waals surface area contributed by atoms with Gasteiger partial charge < -0.3 is 30.0 Å². The lowest BCUT2D eigenvalue weighted by Gasteiger charge is -2.12. The van der Waals surface area contributed by atoms with Crippen molar-refractivity contribution >= 4 is 36.7 Å². The number of nitrogens with one attached hydrogen (secondary N) is 1. The number of aromatic nitrogens is 2. The summed E-state index contributed by atoms with van der Waals surface area (Å²) in [6.45, 7) is -1.10. The van der Waals surface area contributed by atoms with E-state index in [1.807, 2.05) is 0 Å². The van der Waals surface area contributed by atoms with E-state index in [0.29, 0.717) is 23.8 Å². The maximum Gasteiger partial charge on any atom is 0.387 e. The number of hydrogen-bond donors (Lipinski definition) is 3. The molecule has 206 valence electrons. The fourth-order valence-corrected chi connectivity index (χ4v) is 3.32. The van der Waals surface area contributed by atoms with Crippen LogP contribution in [0.4, 0.5) is 8.78 Å². The molecule has 0 spiro atoms. The van der Waals surface area contributed by atoms with E-state index in [1.165, 1.54) is 30.3 Å². The predicted molar refractivity (Wildman–Crippen MR) is 136 cm³/mol. The first-order chi connectivity index (χ1) is 17.2. The summed E-state index contributed by atoms with van der Waals surface area (Å²) < 4.78 is 41.7. The topological polar surface area (TPSA) is 150 Å². The SMILES string of the molecule is C[C@H](N)c1oc(-c2ccc(OC(F)F)c(OCC3CC3)c2)nc1C(=O)NCc1cccc(C(=O)O)n1.Cl.Cl. The summed E-state index contributed by atoms with van der Waals surface area (Å²) in [5, 5.41) is 11.7. The molecule has 1 saturated carbocycles. The summed E-state index contributed by atoms with van der Waals surface area (Å²) in [6.07, 6.45) is 2.02. The number of hydrogen-bond acceptors (Lipinski definition) is 8. The van der Waals surface area contributed by atoms with Gasteiger partial charge in [0.25, 0.3) is 5.91 Å². The summed E-state index contributed by atoms with van der Waals surface area (Å²) in [6, 6.07) is 7.98. The van der Waals surface area contributed by atoms with E-state index in [1.54, 1.807) is 13.0 Å². The van der Waals surface area contributed by atoms with E-state index in [0.717, 1.165) is 12.8 Å². The van der Waals surface area contributed by atoms with Crippen LogP contribution >= 0.6 is 24.8 Å². The first-order valence-electron chi connectivity index (χ1n) is 11.2. The molecule has 2 aromatic heterocycles. The van der Waals surface area contributed by atoms with Crippen molar-refractivity contribution in [3.63, 3.8) is 0 Å². The fourth-order valence-electron chi connectivity index (χ4n) is 3.32. The maximum atomic E-state index is 12.9. The zero-order chi connectivity index (χ0) is 25.8. The van der Waals surface area contributed by atoms with Crippen molar-refractivity contribution in [3.05, 3.63) is 59.2 Å². The molecule has 4 rings (SSSR count). The number of aromatic carboxylic acids is 1. The van der Waals surface area contributed by atoms with Gasteiger partial charge in [-0.15, -0.1) is 24.8 Å². The van der Waals surface area contributed by atoms with Gasteiger partial charge in [0.05, 0.1) is 24.9 Å². The summed E-state index contributed by atoms with van der Waals surface area (Å²) in [5.74, 6) is -1.28. The van der Waals surface area contributed by atoms with Crippen molar-refractivity contribution < 1.29 is 37.4 Å². The molecule has 2 heterocycles. The Morgan fingerprint density at radius 2 is 1.92 bits per heavy atom. The molecular weight excluding hydrogens is 549 g/mol. The first kappa shape index (κ1) is 30.7. The summed E-state index contributed by atoms with van der Waals surface area (Å²) in [5.41, 5.74) is 6.47. The van der Waals surface area contributed by atoms with Crippen LogP contribution in [0.25, 0.3) is 11.5 Å². The molecule has 1 aliphatic carbocycles. The number of carbonyl (C=O) groups is 2. The molecule has 1 aliphatic rings. The number of rotatable bonds is 11. The Kier molecular flexibility index (Phi) is 10.8. The number of oxazole rings is 1. The van der Waals surface area contributed by atoms with Crippen LogP contribution in [-0.4, -0.2) is 40.2 Å². The van der Waals surface area contributed by atoms with Gasteiger partial charge in [0.2, 0.25) is 5.89 Å². The highest BCUT2D eigenvalue weighted by Crippen LogP contribution is 2.37. The van der Waals surface area contributed by atoms with Crippen LogP contribution in [0.5, 0.6) is 11.5 Å². The molecule has 14 heteroatoms. The van der Waals surface area contributed by atoms with Crippen molar-refractivity contribution in [3.8, 4) is 23.0 Å². The maximum absolute atomic E-state index is 12.9. The van der Waals surface area contributed by atoms with E-state index in [9.17, 15) is 18.4 Å². The van der Waals surface area contributed by atoms with Crippen LogP contribution in [0.1, 0.15) is 58.2 Å². The number of carboxylic acids is 1. The fraction of sp³-hybridized carbons (Fsp3) is 0.333. The average Bonchev–Trinajstić information content (AvgIpc) is 3.56. The van der Waals surface area contributed by atoms with Crippen molar-refractivity contribution in [2.45, 2.75) is 39.0 Å². The van der Waals surface area contributed by atoms with Gasteiger partial charge in [-0.1, -0.05) is 6.07 Å².